The van der Waals surface area contributed by atoms with Gasteiger partial charge >= 0.3 is 7.32 Å². The molecule has 0 aliphatic rings. The molecule has 0 fully saturated rings. The second kappa shape index (κ2) is 4.76. The van der Waals surface area contributed by atoms with Crippen molar-refractivity contribution in [1.82, 2.24) is 6.15 Å². The zero-order chi connectivity index (χ0) is 8.27. The first-order chi connectivity index (χ1) is 5.20. The Morgan fingerprint density at radius 2 is 1.83 bits per heavy atom. The Hall–Kier alpha value is -1.04. The SMILES string of the molecule is Cc1ccccc1OB(O)O.N. The third kappa shape index (κ3) is 2.92. The molecular formula is C7H12BNO3. The van der Waals surface area contributed by atoms with Crippen molar-refractivity contribution in [2.45, 2.75) is 6.92 Å². The van der Waals surface area contributed by atoms with Gasteiger partial charge in [-0.15, -0.1) is 0 Å². The first kappa shape index (κ1) is 11.0. The Bertz CT molecular complexity index is 242. The Labute approximate surface area is 71.6 Å². The van der Waals surface area contributed by atoms with Crippen molar-refractivity contribution < 1.29 is 14.7 Å². The van der Waals surface area contributed by atoms with E-state index in [9.17, 15) is 0 Å². The molecule has 0 unspecified atom stereocenters. The van der Waals surface area contributed by atoms with Crippen LogP contribution in [0.2, 0.25) is 0 Å². The van der Waals surface area contributed by atoms with E-state index >= 15 is 0 Å². The zero-order valence-corrected chi connectivity index (χ0v) is 6.90. The highest BCUT2D eigenvalue weighted by atomic mass is 16.6. The van der Waals surface area contributed by atoms with Gasteiger partial charge in [0.2, 0.25) is 0 Å². The monoisotopic (exact) mass is 169 g/mol. The second-order valence-electron chi connectivity index (χ2n) is 2.21. The predicted molar refractivity (Wildman–Crippen MR) is 47.0 cm³/mol. The maximum absolute atomic E-state index is 8.46. The standard InChI is InChI=1S/C7H9BO3.H3N/c1-6-4-2-3-5-7(6)11-8(9)10;/h2-5,9-10H,1H3;1H3. The highest BCUT2D eigenvalue weighted by Crippen LogP contribution is 2.15. The fourth-order valence-electron chi connectivity index (χ4n) is 0.802. The van der Waals surface area contributed by atoms with Crippen molar-refractivity contribution in [3.8, 4) is 5.75 Å². The molecule has 12 heavy (non-hydrogen) atoms. The first-order valence-corrected chi connectivity index (χ1v) is 3.28. The van der Waals surface area contributed by atoms with Gasteiger partial charge < -0.3 is 20.9 Å². The van der Waals surface area contributed by atoms with E-state index in [0.717, 1.165) is 5.56 Å². The summed E-state index contributed by atoms with van der Waals surface area (Å²) in [6.07, 6.45) is 0. The number of benzene rings is 1. The van der Waals surface area contributed by atoms with Gasteiger partial charge in [0.15, 0.2) is 0 Å². The fourth-order valence-corrected chi connectivity index (χ4v) is 0.802. The van der Waals surface area contributed by atoms with Crippen LogP contribution in [0.15, 0.2) is 24.3 Å². The van der Waals surface area contributed by atoms with E-state index in [-0.39, 0.29) is 6.15 Å². The molecule has 66 valence electrons. The lowest BCUT2D eigenvalue weighted by molar-refractivity contribution is 0.287. The van der Waals surface area contributed by atoms with Gasteiger partial charge in [0.05, 0.1) is 0 Å². The van der Waals surface area contributed by atoms with Crippen LogP contribution in [0.5, 0.6) is 5.75 Å². The predicted octanol–water partition coefficient (Wildman–Crippen LogP) is 0.505. The quantitative estimate of drug-likeness (QED) is 0.563. The molecule has 0 aromatic heterocycles. The van der Waals surface area contributed by atoms with Crippen LogP contribution in [0, 0.1) is 6.92 Å². The molecule has 0 heterocycles. The molecule has 1 aromatic rings. The lowest BCUT2D eigenvalue weighted by Crippen LogP contribution is -2.20. The van der Waals surface area contributed by atoms with Crippen molar-refractivity contribution in [2.24, 2.45) is 0 Å². The molecule has 4 nitrogen and oxygen atoms in total. The minimum Gasteiger partial charge on any atom is -0.512 e. The lowest BCUT2D eigenvalue weighted by atomic mass is 10.2. The maximum Gasteiger partial charge on any atom is 0.707 e. The molecule has 0 atom stereocenters. The highest BCUT2D eigenvalue weighted by Gasteiger charge is 2.11. The summed E-state index contributed by atoms with van der Waals surface area (Å²) in [7, 11) is -1.74. The lowest BCUT2D eigenvalue weighted by Gasteiger charge is -2.06. The largest absolute Gasteiger partial charge is 0.707 e. The van der Waals surface area contributed by atoms with Gasteiger partial charge in [0.25, 0.3) is 0 Å². The minimum absolute atomic E-state index is 0. The summed E-state index contributed by atoms with van der Waals surface area (Å²) in [5.41, 5.74) is 0.876. The summed E-state index contributed by atoms with van der Waals surface area (Å²) in [4.78, 5) is 0. The summed E-state index contributed by atoms with van der Waals surface area (Å²) >= 11 is 0. The van der Waals surface area contributed by atoms with Crippen molar-refractivity contribution in [1.29, 1.82) is 0 Å². The molecule has 0 bridgehead atoms. The van der Waals surface area contributed by atoms with E-state index in [1.165, 1.54) is 0 Å². The van der Waals surface area contributed by atoms with Crippen LogP contribution in [0.3, 0.4) is 0 Å². The van der Waals surface area contributed by atoms with Crippen LogP contribution < -0.4 is 10.8 Å². The topological polar surface area (TPSA) is 84.7 Å². The van der Waals surface area contributed by atoms with Crippen molar-refractivity contribution >= 4 is 7.32 Å². The smallest absolute Gasteiger partial charge is 0.512 e. The third-order valence-corrected chi connectivity index (χ3v) is 1.33. The van der Waals surface area contributed by atoms with Crippen LogP contribution in [0.1, 0.15) is 5.56 Å². The Balaban J connectivity index is 0.00000121. The van der Waals surface area contributed by atoms with Gasteiger partial charge in [0.1, 0.15) is 5.75 Å². The van der Waals surface area contributed by atoms with E-state index in [1.807, 2.05) is 19.1 Å². The second-order valence-corrected chi connectivity index (χ2v) is 2.21. The van der Waals surface area contributed by atoms with Crippen LogP contribution in [0.25, 0.3) is 0 Å². The number of para-hydroxylation sites is 1. The number of hydrogen-bond donors (Lipinski definition) is 3. The van der Waals surface area contributed by atoms with Gasteiger partial charge in [0, 0.05) is 0 Å². The average Bonchev–Trinajstić information content (AvgIpc) is 1.93. The maximum atomic E-state index is 8.46. The molecule has 0 aliphatic carbocycles. The summed E-state index contributed by atoms with van der Waals surface area (Å²) in [5.74, 6) is 0.488. The van der Waals surface area contributed by atoms with Crippen LogP contribution in [-0.4, -0.2) is 17.4 Å². The molecule has 0 saturated heterocycles. The van der Waals surface area contributed by atoms with E-state index in [1.54, 1.807) is 12.1 Å². The molecule has 5 N–H and O–H groups in total. The summed E-state index contributed by atoms with van der Waals surface area (Å²) in [6, 6.07) is 7.13. The summed E-state index contributed by atoms with van der Waals surface area (Å²) in [5, 5.41) is 16.9. The van der Waals surface area contributed by atoms with E-state index < -0.39 is 7.32 Å². The molecule has 0 amide bonds. The normalized spacial score (nSPS) is 8.58. The molecule has 1 aromatic carbocycles. The highest BCUT2D eigenvalue weighted by molar-refractivity contribution is 6.33. The molecule has 0 spiro atoms. The van der Waals surface area contributed by atoms with Crippen LogP contribution >= 0.6 is 0 Å². The van der Waals surface area contributed by atoms with E-state index in [0.29, 0.717) is 5.75 Å². The summed E-state index contributed by atoms with van der Waals surface area (Å²) < 4.78 is 4.66. The van der Waals surface area contributed by atoms with Gasteiger partial charge in [-0.05, 0) is 18.6 Å². The summed E-state index contributed by atoms with van der Waals surface area (Å²) in [6.45, 7) is 1.83. The number of rotatable bonds is 2. The average molecular weight is 169 g/mol. The van der Waals surface area contributed by atoms with Crippen molar-refractivity contribution in [3.05, 3.63) is 29.8 Å². The number of aryl methyl sites for hydroxylation is 1. The van der Waals surface area contributed by atoms with Crippen molar-refractivity contribution in [3.63, 3.8) is 0 Å². The third-order valence-electron chi connectivity index (χ3n) is 1.33. The van der Waals surface area contributed by atoms with Crippen LogP contribution in [-0.2, 0) is 0 Å². The Kier molecular flexibility index (Phi) is 4.35. The molecular weight excluding hydrogens is 157 g/mol. The van der Waals surface area contributed by atoms with Crippen molar-refractivity contribution in [2.75, 3.05) is 0 Å². The van der Waals surface area contributed by atoms with Gasteiger partial charge in [-0.2, -0.15) is 0 Å². The Morgan fingerprint density at radius 3 is 2.33 bits per heavy atom. The van der Waals surface area contributed by atoms with Gasteiger partial charge in [-0.1, -0.05) is 18.2 Å². The molecule has 0 saturated carbocycles. The van der Waals surface area contributed by atoms with E-state index in [4.69, 9.17) is 10.0 Å². The molecule has 1 rings (SSSR count). The number of hydrogen-bond acceptors (Lipinski definition) is 4. The Morgan fingerprint density at radius 1 is 1.25 bits per heavy atom. The van der Waals surface area contributed by atoms with Gasteiger partial charge in [-0.3, -0.25) is 0 Å². The fraction of sp³-hybridized carbons (Fsp3) is 0.143. The minimum atomic E-state index is -1.74. The van der Waals surface area contributed by atoms with Crippen LogP contribution in [0.4, 0.5) is 0 Å². The molecule has 5 heteroatoms. The van der Waals surface area contributed by atoms with Gasteiger partial charge in [-0.25, -0.2) is 0 Å². The zero-order valence-electron chi connectivity index (χ0n) is 6.90. The first-order valence-electron chi connectivity index (χ1n) is 3.28. The van der Waals surface area contributed by atoms with E-state index in [2.05, 4.69) is 4.65 Å². The molecule has 0 aliphatic heterocycles. The molecule has 0 radical (unpaired) electrons.